The Kier molecular flexibility index (Phi) is 4.03. The van der Waals surface area contributed by atoms with Crippen LogP contribution < -0.4 is 5.32 Å². The van der Waals surface area contributed by atoms with Crippen LogP contribution in [-0.2, 0) is 0 Å². The van der Waals surface area contributed by atoms with Gasteiger partial charge in [-0.05, 0) is 53.7 Å². The molecule has 0 bridgehead atoms. The molecular weight excluding hydrogens is 321 g/mol. The number of carbonyl (C=O) groups is 1. The number of benzene rings is 2. The molecule has 2 aromatic carbocycles. The molecule has 0 aliphatic carbocycles. The maximum Gasteiger partial charge on any atom is 0.258 e. The second kappa shape index (κ2) is 6.13. The van der Waals surface area contributed by atoms with E-state index >= 15 is 0 Å². The molecule has 0 aliphatic rings. The minimum Gasteiger partial charge on any atom is -0.322 e. The van der Waals surface area contributed by atoms with Crippen molar-refractivity contribution in [1.82, 2.24) is 20.2 Å². The monoisotopic (exact) mass is 331 g/mol. The van der Waals surface area contributed by atoms with Crippen molar-refractivity contribution in [2.24, 2.45) is 0 Å². The molecule has 6 nitrogen and oxygen atoms in total. The van der Waals surface area contributed by atoms with Crippen LogP contribution in [0.1, 0.15) is 16.2 Å². The predicted octanol–water partition coefficient (Wildman–Crippen LogP) is 3.02. The third-order valence-electron chi connectivity index (χ3n) is 3.15. The van der Waals surface area contributed by atoms with Gasteiger partial charge in [0.05, 0.1) is 11.3 Å². The van der Waals surface area contributed by atoms with Crippen molar-refractivity contribution in [2.45, 2.75) is 6.92 Å². The van der Waals surface area contributed by atoms with Crippen LogP contribution in [0.2, 0.25) is 5.02 Å². The van der Waals surface area contributed by atoms with Crippen molar-refractivity contribution >= 4 is 23.2 Å². The lowest BCUT2D eigenvalue weighted by atomic mass is 10.2. The highest BCUT2D eigenvalue weighted by atomic mass is 35.5. The molecule has 0 saturated carbocycles. The van der Waals surface area contributed by atoms with Crippen LogP contribution in [0.4, 0.5) is 10.1 Å². The van der Waals surface area contributed by atoms with Gasteiger partial charge in [0.1, 0.15) is 5.82 Å². The van der Waals surface area contributed by atoms with Gasteiger partial charge in [-0.3, -0.25) is 4.79 Å². The molecule has 0 spiro atoms. The smallest absolute Gasteiger partial charge is 0.258 e. The summed E-state index contributed by atoms with van der Waals surface area (Å²) in [5.74, 6) is -0.635. The van der Waals surface area contributed by atoms with Crippen molar-refractivity contribution in [2.75, 3.05) is 5.32 Å². The van der Waals surface area contributed by atoms with Gasteiger partial charge in [0.15, 0.2) is 5.82 Å². The number of aryl methyl sites for hydroxylation is 1. The SMILES string of the molecule is Cc1nnnn1-c1cccc(NC(=O)c2ccc(Cl)cc2F)c1. The molecule has 1 amide bonds. The topological polar surface area (TPSA) is 72.7 Å². The number of hydrogen-bond donors (Lipinski definition) is 1. The van der Waals surface area contributed by atoms with Crippen LogP contribution in [0.5, 0.6) is 0 Å². The lowest BCUT2D eigenvalue weighted by Gasteiger charge is -2.08. The van der Waals surface area contributed by atoms with Gasteiger partial charge in [0.2, 0.25) is 0 Å². The van der Waals surface area contributed by atoms with Gasteiger partial charge in [-0.25, -0.2) is 4.39 Å². The number of tetrazole rings is 1. The Balaban J connectivity index is 1.86. The number of aromatic nitrogens is 4. The van der Waals surface area contributed by atoms with E-state index in [4.69, 9.17) is 11.6 Å². The fraction of sp³-hybridized carbons (Fsp3) is 0.0667. The van der Waals surface area contributed by atoms with E-state index < -0.39 is 11.7 Å². The molecule has 0 radical (unpaired) electrons. The number of carbonyl (C=O) groups excluding carboxylic acids is 1. The summed E-state index contributed by atoms with van der Waals surface area (Å²) in [6.07, 6.45) is 0. The van der Waals surface area contributed by atoms with Crippen LogP contribution in [0.3, 0.4) is 0 Å². The van der Waals surface area contributed by atoms with Crippen LogP contribution in [0.25, 0.3) is 5.69 Å². The Morgan fingerprint density at radius 2 is 2.09 bits per heavy atom. The third kappa shape index (κ3) is 3.19. The molecule has 0 unspecified atom stereocenters. The number of amides is 1. The van der Waals surface area contributed by atoms with E-state index in [1.54, 1.807) is 31.2 Å². The van der Waals surface area contributed by atoms with E-state index in [0.29, 0.717) is 17.2 Å². The predicted molar refractivity (Wildman–Crippen MR) is 83.3 cm³/mol. The summed E-state index contributed by atoms with van der Waals surface area (Å²) in [4.78, 5) is 12.2. The molecule has 0 atom stereocenters. The molecule has 0 fully saturated rings. The molecule has 1 N–H and O–H groups in total. The highest BCUT2D eigenvalue weighted by molar-refractivity contribution is 6.30. The lowest BCUT2D eigenvalue weighted by molar-refractivity contribution is 0.102. The molecule has 3 rings (SSSR count). The number of anilines is 1. The summed E-state index contributed by atoms with van der Waals surface area (Å²) in [7, 11) is 0. The van der Waals surface area contributed by atoms with Crippen molar-refractivity contribution in [1.29, 1.82) is 0 Å². The Morgan fingerprint density at radius 3 is 2.78 bits per heavy atom. The molecule has 116 valence electrons. The Hall–Kier alpha value is -2.80. The summed E-state index contributed by atoms with van der Waals surface area (Å²) in [6, 6.07) is 10.8. The Bertz CT molecular complexity index is 880. The fourth-order valence-corrected chi connectivity index (χ4v) is 2.22. The number of hydrogen-bond acceptors (Lipinski definition) is 4. The number of nitrogens with zero attached hydrogens (tertiary/aromatic N) is 4. The van der Waals surface area contributed by atoms with Crippen molar-refractivity contribution < 1.29 is 9.18 Å². The zero-order valence-electron chi connectivity index (χ0n) is 12.0. The second-order valence-corrected chi connectivity index (χ2v) is 5.20. The van der Waals surface area contributed by atoms with Gasteiger partial charge >= 0.3 is 0 Å². The number of nitrogens with one attached hydrogen (secondary N) is 1. The first-order valence-electron chi connectivity index (χ1n) is 6.66. The minimum absolute atomic E-state index is 0.0848. The molecule has 1 heterocycles. The standard InChI is InChI=1S/C15H11ClFN5O/c1-9-19-20-21-22(9)12-4-2-3-11(8-12)18-15(23)13-6-5-10(16)7-14(13)17/h2-8H,1H3,(H,18,23). The molecule has 1 aromatic heterocycles. The summed E-state index contributed by atoms with van der Waals surface area (Å²) < 4.78 is 15.3. The molecular formula is C15H11ClFN5O. The zero-order chi connectivity index (χ0) is 16.4. The molecule has 0 saturated heterocycles. The summed E-state index contributed by atoms with van der Waals surface area (Å²) in [5, 5.41) is 14.1. The van der Waals surface area contributed by atoms with E-state index in [2.05, 4.69) is 20.8 Å². The van der Waals surface area contributed by atoms with Gasteiger partial charge in [-0.1, -0.05) is 17.7 Å². The Labute approximate surface area is 135 Å². The average Bonchev–Trinajstić information content (AvgIpc) is 2.93. The summed E-state index contributed by atoms with van der Waals surface area (Å²) in [6.45, 7) is 1.76. The average molecular weight is 332 g/mol. The summed E-state index contributed by atoms with van der Waals surface area (Å²) >= 11 is 5.68. The first-order valence-corrected chi connectivity index (χ1v) is 7.04. The van der Waals surface area contributed by atoms with E-state index in [-0.39, 0.29) is 10.6 Å². The van der Waals surface area contributed by atoms with E-state index in [1.807, 2.05) is 0 Å². The van der Waals surface area contributed by atoms with Crippen molar-refractivity contribution in [3.63, 3.8) is 0 Å². The number of rotatable bonds is 3. The van der Waals surface area contributed by atoms with Gasteiger partial charge < -0.3 is 5.32 Å². The first kappa shape index (κ1) is 15.1. The van der Waals surface area contributed by atoms with Crippen molar-refractivity contribution in [3.05, 3.63) is 64.7 Å². The molecule has 8 heteroatoms. The van der Waals surface area contributed by atoms with Crippen LogP contribution in [0.15, 0.2) is 42.5 Å². The second-order valence-electron chi connectivity index (χ2n) is 4.77. The highest BCUT2D eigenvalue weighted by Gasteiger charge is 2.13. The largest absolute Gasteiger partial charge is 0.322 e. The highest BCUT2D eigenvalue weighted by Crippen LogP contribution is 2.18. The minimum atomic E-state index is -0.678. The third-order valence-corrected chi connectivity index (χ3v) is 3.38. The molecule has 23 heavy (non-hydrogen) atoms. The maximum absolute atomic E-state index is 13.8. The number of halogens is 2. The zero-order valence-corrected chi connectivity index (χ0v) is 12.8. The van der Waals surface area contributed by atoms with Gasteiger partial charge in [-0.15, -0.1) is 5.10 Å². The van der Waals surface area contributed by atoms with Crippen LogP contribution >= 0.6 is 11.6 Å². The van der Waals surface area contributed by atoms with E-state index in [1.165, 1.54) is 16.8 Å². The molecule has 0 aliphatic heterocycles. The lowest BCUT2D eigenvalue weighted by Crippen LogP contribution is -2.14. The molecule has 3 aromatic rings. The summed E-state index contributed by atoms with van der Waals surface area (Å²) in [5.41, 5.74) is 1.09. The van der Waals surface area contributed by atoms with E-state index in [9.17, 15) is 9.18 Å². The first-order chi connectivity index (χ1) is 11.0. The maximum atomic E-state index is 13.8. The fourth-order valence-electron chi connectivity index (χ4n) is 2.06. The Morgan fingerprint density at radius 1 is 1.26 bits per heavy atom. The van der Waals surface area contributed by atoms with Crippen LogP contribution in [-0.4, -0.2) is 26.1 Å². The van der Waals surface area contributed by atoms with Gasteiger partial charge in [-0.2, -0.15) is 4.68 Å². The van der Waals surface area contributed by atoms with Crippen molar-refractivity contribution in [3.8, 4) is 5.69 Å². The van der Waals surface area contributed by atoms with Crippen LogP contribution in [0, 0.1) is 12.7 Å². The van der Waals surface area contributed by atoms with Gasteiger partial charge in [0.25, 0.3) is 5.91 Å². The van der Waals surface area contributed by atoms with E-state index in [0.717, 1.165) is 6.07 Å². The van der Waals surface area contributed by atoms with Gasteiger partial charge in [0, 0.05) is 10.7 Å². The normalized spacial score (nSPS) is 10.6. The quantitative estimate of drug-likeness (QED) is 0.800.